The highest BCUT2D eigenvalue weighted by atomic mass is 31.2. The smallest absolute Gasteiger partial charge is 0.327 e. The quantitative estimate of drug-likeness (QED) is 0.639. The van der Waals surface area contributed by atoms with Gasteiger partial charge < -0.3 is 13.8 Å². The summed E-state index contributed by atoms with van der Waals surface area (Å²) in [5.74, 6) is 0. The average Bonchev–Trinajstić information content (AvgIpc) is 1.97. The number of hydrogen-bond acceptors (Lipinski definition) is 4. The van der Waals surface area contributed by atoms with Gasteiger partial charge in [0.1, 0.15) is 0 Å². The summed E-state index contributed by atoms with van der Waals surface area (Å²) in [6.07, 6.45) is -0.0259. The van der Waals surface area contributed by atoms with Crippen LogP contribution in [0.3, 0.4) is 0 Å². The lowest BCUT2D eigenvalue weighted by molar-refractivity contribution is -0.0103. The molecule has 0 aromatic carbocycles. The normalized spacial score (nSPS) is 18.1. The summed E-state index contributed by atoms with van der Waals surface area (Å²) in [6, 6.07) is 0. The molecule has 0 N–H and O–H groups in total. The van der Waals surface area contributed by atoms with Crippen molar-refractivity contribution in [3.63, 3.8) is 0 Å². The van der Waals surface area contributed by atoms with E-state index in [2.05, 4.69) is 0 Å². The Balaban J connectivity index is 3.87. The van der Waals surface area contributed by atoms with Gasteiger partial charge in [-0.3, -0.25) is 4.57 Å². The van der Waals surface area contributed by atoms with Gasteiger partial charge >= 0.3 is 7.60 Å². The maximum atomic E-state index is 11.7. The Morgan fingerprint density at radius 3 is 2.00 bits per heavy atom. The number of ether oxygens (including phenoxy) is 1. The topological polar surface area (TPSA) is 44.8 Å². The van der Waals surface area contributed by atoms with Gasteiger partial charge in [-0.1, -0.05) is 0 Å². The van der Waals surface area contributed by atoms with Gasteiger partial charge in [-0.15, -0.1) is 0 Å². The Bertz CT molecular complexity index is 215. The van der Waals surface area contributed by atoms with Crippen LogP contribution in [0.15, 0.2) is 0 Å². The van der Waals surface area contributed by atoms with Crippen LogP contribution in [-0.2, 0) is 18.3 Å². The molecule has 0 amide bonds. The van der Waals surface area contributed by atoms with Crippen molar-refractivity contribution < 1.29 is 18.3 Å². The van der Waals surface area contributed by atoms with E-state index in [1.807, 2.05) is 34.6 Å². The van der Waals surface area contributed by atoms with E-state index in [1.54, 1.807) is 0 Å². The summed E-state index contributed by atoms with van der Waals surface area (Å²) < 4.78 is 27.5. The van der Waals surface area contributed by atoms with Crippen molar-refractivity contribution in [2.45, 2.75) is 52.9 Å². The van der Waals surface area contributed by atoms with Crippen LogP contribution in [0.1, 0.15) is 34.6 Å². The molecule has 2 unspecified atom stereocenters. The minimum Gasteiger partial charge on any atom is -0.373 e. The molecular formula is C10H23O4P. The predicted octanol–water partition coefficient (Wildman–Crippen LogP) is 3.06. The van der Waals surface area contributed by atoms with Crippen molar-refractivity contribution >= 4 is 7.60 Å². The van der Waals surface area contributed by atoms with Crippen molar-refractivity contribution in [2.75, 3.05) is 13.3 Å². The molecule has 0 aliphatic rings. The van der Waals surface area contributed by atoms with Crippen LogP contribution < -0.4 is 0 Å². The lowest BCUT2D eigenvalue weighted by Crippen LogP contribution is -2.20. The Kier molecular flexibility index (Phi) is 6.69. The second-order valence-corrected chi connectivity index (χ2v) is 6.23. The van der Waals surface area contributed by atoms with Crippen molar-refractivity contribution in [1.29, 1.82) is 0 Å². The zero-order valence-electron chi connectivity index (χ0n) is 10.5. The van der Waals surface area contributed by atoms with E-state index < -0.39 is 7.60 Å². The minimum atomic E-state index is -2.93. The molecule has 0 aliphatic carbocycles. The molecule has 15 heavy (non-hydrogen) atoms. The molecule has 0 fully saturated rings. The summed E-state index contributed by atoms with van der Waals surface area (Å²) in [5.41, 5.74) is 0. The van der Waals surface area contributed by atoms with Crippen LogP contribution in [0.2, 0.25) is 0 Å². The number of hydrogen-bond donors (Lipinski definition) is 0. The molecule has 0 heterocycles. The van der Waals surface area contributed by atoms with Gasteiger partial charge in [-0.05, 0) is 34.6 Å². The first-order valence-corrected chi connectivity index (χ1v) is 7.28. The zero-order valence-corrected chi connectivity index (χ0v) is 11.4. The van der Waals surface area contributed by atoms with Gasteiger partial charge in [0.05, 0.1) is 24.9 Å². The fourth-order valence-corrected chi connectivity index (χ4v) is 2.47. The first kappa shape index (κ1) is 15.1. The largest absolute Gasteiger partial charge is 0.373 e. The van der Waals surface area contributed by atoms with Crippen molar-refractivity contribution in [1.82, 2.24) is 0 Å². The first-order chi connectivity index (χ1) is 6.73. The molecule has 0 aromatic heterocycles. The molecule has 0 saturated heterocycles. The lowest BCUT2D eigenvalue weighted by Gasteiger charge is -2.20. The monoisotopic (exact) mass is 238 g/mol. The third-order valence-corrected chi connectivity index (χ3v) is 2.87. The fraction of sp³-hybridized carbons (Fsp3) is 1.00. The Morgan fingerprint density at radius 1 is 1.07 bits per heavy atom. The molecule has 0 bridgehead atoms. The van der Waals surface area contributed by atoms with Gasteiger partial charge in [0, 0.05) is 6.66 Å². The van der Waals surface area contributed by atoms with Crippen molar-refractivity contribution in [3.8, 4) is 0 Å². The van der Waals surface area contributed by atoms with Crippen molar-refractivity contribution in [2.24, 2.45) is 0 Å². The molecule has 0 rings (SSSR count). The zero-order chi connectivity index (χ0) is 12.1. The summed E-state index contributed by atoms with van der Waals surface area (Å²) in [5, 5.41) is 0. The minimum absolute atomic E-state index is 0.0750. The van der Waals surface area contributed by atoms with Gasteiger partial charge in [0.25, 0.3) is 0 Å². The summed E-state index contributed by atoms with van der Waals surface area (Å²) in [4.78, 5) is 0. The SMILES string of the molecule is CC(C)OC(C)COP(C)(=O)OC(C)C. The lowest BCUT2D eigenvalue weighted by atomic mass is 10.4. The molecule has 0 saturated carbocycles. The average molecular weight is 238 g/mol. The van der Waals surface area contributed by atoms with E-state index in [0.717, 1.165) is 0 Å². The van der Waals surface area contributed by atoms with E-state index in [0.29, 0.717) is 6.61 Å². The van der Waals surface area contributed by atoms with E-state index >= 15 is 0 Å². The summed E-state index contributed by atoms with van der Waals surface area (Å²) in [6.45, 7) is 11.2. The van der Waals surface area contributed by atoms with Crippen LogP contribution in [0.4, 0.5) is 0 Å². The van der Waals surface area contributed by atoms with Gasteiger partial charge in [0.15, 0.2) is 0 Å². The predicted molar refractivity (Wildman–Crippen MR) is 61.4 cm³/mol. The molecule has 4 nitrogen and oxygen atoms in total. The Morgan fingerprint density at radius 2 is 1.60 bits per heavy atom. The van der Waals surface area contributed by atoms with Crippen LogP contribution in [0.25, 0.3) is 0 Å². The van der Waals surface area contributed by atoms with Crippen LogP contribution >= 0.6 is 7.60 Å². The molecular weight excluding hydrogens is 215 g/mol. The summed E-state index contributed by atoms with van der Waals surface area (Å²) in [7, 11) is -2.93. The Labute approximate surface area is 92.8 Å². The van der Waals surface area contributed by atoms with Crippen LogP contribution in [-0.4, -0.2) is 31.6 Å². The van der Waals surface area contributed by atoms with Gasteiger partial charge in [-0.2, -0.15) is 0 Å². The molecule has 0 spiro atoms. The maximum absolute atomic E-state index is 11.7. The molecule has 92 valence electrons. The Hall–Kier alpha value is 0.110. The second-order valence-electron chi connectivity index (χ2n) is 4.22. The molecule has 5 heteroatoms. The second kappa shape index (κ2) is 6.64. The molecule has 2 atom stereocenters. The fourth-order valence-electron chi connectivity index (χ4n) is 1.16. The van der Waals surface area contributed by atoms with E-state index in [9.17, 15) is 4.57 Å². The standard InChI is InChI=1S/C10H23O4P/c1-8(2)13-10(5)7-12-15(6,11)14-9(3)4/h8-10H,7H2,1-6H3. The third kappa shape index (κ3) is 9.06. The van der Waals surface area contributed by atoms with E-state index in [4.69, 9.17) is 13.8 Å². The maximum Gasteiger partial charge on any atom is 0.327 e. The summed E-state index contributed by atoms with van der Waals surface area (Å²) >= 11 is 0. The molecule has 0 radical (unpaired) electrons. The highest BCUT2D eigenvalue weighted by Crippen LogP contribution is 2.45. The first-order valence-electron chi connectivity index (χ1n) is 5.29. The van der Waals surface area contributed by atoms with Crippen LogP contribution in [0, 0.1) is 0 Å². The third-order valence-electron chi connectivity index (χ3n) is 1.45. The molecule has 0 aromatic rings. The van der Waals surface area contributed by atoms with Crippen molar-refractivity contribution in [3.05, 3.63) is 0 Å². The van der Waals surface area contributed by atoms with Gasteiger partial charge in [0.2, 0.25) is 0 Å². The van der Waals surface area contributed by atoms with Gasteiger partial charge in [-0.25, -0.2) is 0 Å². The highest BCUT2D eigenvalue weighted by Gasteiger charge is 2.20. The van der Waals surface area contributed by atoms with E-state index in [1.165, 1.54) is 6.66 Å². The molecule has 0 aliphatic heterocycles. The highest BCUT2D eigenvalue weighted by molar-refractivity contribution is 7.53. The van der Waals surface area contributed by atoms with Crippen LogP contribution in [0.5, 0.6) is 0 Å². The number of rotatable bonds is 7. The van der Waals surface area contributed by atoms with E-state index in [-0.39, 0.29) is 18.3 Å².